The second-order valence-corrected chi connectivity index (χ2v) is 2.73. The van der Waals surface area contributed by atoms with Crippen molar-refractivity contribution in [1.82, 2.24) is 4.98 Å². The number of hydrogen-bond acceptors (Lipinski definition) is 1. The van der Waals surface area contributed by atoms with Crippen molar-refractivity contribution in [3.8, 4) is 12.8 Å². The van der Waals surface area contributed by atoms with Gasteiger partial charge in [0.15, 0.2) is 0 Å². The Labute approximate surface area is 92.2 Å². The van der Waals surface area contributed by atoms with Gasteiger partial charge in [-0.05, 0) is 18.4 Å². The van der Waals surface area contributed by atoms with Gasteiger partial charge in [0.05, 0.1) is 0 Å². The van der Waals surface area contributed by atoms with E-state index in [1.165, 1.54) is 16.3 Å². The van der Waals surface area contributed by atoms with Crippen molar-refractivity contribution in [1.29, 1.82) is 0 Å². The second kappa shape index (κ2) is 7.58. The van der Waals surface area contributed by atoms with Gasteiger partial charge in [-0.3, -0.25) is 4.98 Å². The van der Waals surface area contributed by atoms with Gasteiger partial charge in [-0.15, -0.1) is 12.8 Å². The Balaban J connectivity index is 0.000000442. The molecule has 0 N–H and O–H groups in total. The summed E-state index contributed by atoms with van der Waals surface area (Å²) >= 11 is 0. The van der Waals surface area contributed by atoms with Gasteiger partial charge in [0.2, 0.25) is 0 Å². The van der Waals surface area contributed by atoms with E-state index in [0.29, 0.717) is 0 Å². The van der Waals surface area contributed by atoms with Crippen LogP contribution in [0.15, 0.2) is 36.7 Å². The largest absolute Gasteiger partial charge is 0.264 e. The van der Waals surface area contributed by atoms with Crippen LogP contribution in [0.1, 0.15) is 19.4 Å². The van der Waals surface area contributed by atoms with Crippen LogP contribution < -0.4 is 0 Å². The maximum atomic E-state index is 4.04. The first-order valence-corrected chi connectivity index (χ1v) is 5.00. The SMILES string of the molecule is C#C.CC.Cc1ccc2cnccc2c1. The summed E-state index contributed by atoms with van der Waals surface area (Å²) in [4.78, 5) is 4.04. The number of fused-ring (bicyclic) bond motifs is 1. The zero-order valence-electron chi connectivity index (χ0n) is 9.57. The lowest BCUT2D eigenvalue weighted by atomic mass is 10.1. The monoisotopic (exact) mass is 199 g/mol. The van der Waals surface area contributed by atoms with Crippen LogP contribution in [-0.2, 0) is 0 Å². The van der Waals surface area contributed by atoms with E-state index in [0.717, 1.165) is 0 Å². The molecule has 0 aliphatic carbocycles. The molecule has 15 heavy (non-hydrogen) atoms. The number of hydrogen-bond donors (Lipinski definition) is 0. The summed E-state index contributed by atoms with van der Waals surface area (Å²) in [6.07, 6.45) is 11.7. The highest BCUT2D eigenvalue weighted by molar-refractivity contribution is 5.81. The summed E-state index contributed by atoms with van der Waals surface area (Å²) in [5.41, 5.74) is 1.30. The first kappa shape index (κ1) is 13.2. The number of aromatic nitrogens is 1. The predicted molar refractivity (Wildman–Crippen MR) is 67.7 cm³/mol. The van der Waals surface area contributed by atoms with Crippen LogP contribution in [-0.4, -0.2) is 4.98 Å². The first-order valence-electron chi connectivity index (χ1n) is 5.00. The van der Waals surface area contributed by atoms with Crippen molar-refractivity contribution in [3.05, 3.63) is 42.2 Å². The molecule has 0 spiro atoms. The van der Waals surface area contributed by atoms with E-state index < -0.39 is 0 Å². The standard InChI is InChI=1S/C10H9N.C2H6.C2H2/c1-8-2-3-10-7-11-5-4-9(10)6-8;2*1-2/h2-7H,1H3;1-2H3;1-2H. The number of terminal acetylenes is 1. The molecule has 0 saturated heterocycles. The van der Waals surface area contributed by atoms with Crippen LogP contribution in [0.5, 0.6) is 0 Å². The molecular formula is C14H17N. The van der Waals surface area contributed by atoms with Gasteiger partial charge in [-0.25, -0.2) is 0 Å². The molecule has 78 valence electrons. The molecule has 1 aromatic carbocycles. The maximum Gasteiger partial charge on any atom is 0.0346 e. The minimum atomic E-state index is 1.21. The van der Waals surface area contributed by atoms with Gasteiger partial charge in [0, 0.05) is 17.8 Å². The fraction of sp³-hybridized carbons (Fsp3) is 0.214. The first-order chi connectivity index (χ1) is 7.36. The van der Waals surface area contributed by atoms with Crippen LogP contribution in [0, 0.1) is 19.8 Å². The molecule has 0 saturated carbocycles. The number of benzene rings is 1. The summed E-state index contributed by atoms with van der Waals surface area (Å²) in [5.74, 6) is 0. The Kier molecular flexibility index (Phi) is 6.67. The molecule has 1 aromatic heterocycles. The average molecular weight is 199 g/mol. The topological polar surface area (TPSA) is 12.9 Å². The molecule has 2 rings (SSSR count). The van der Waals surface area contributed by atoms with Crippen molar-refractivity contribution < 1.29 is 0 Å². The Morgan fingerprint density at radius 3 is 2.33 bits per heavy atom. The Bertz CT molecular complexity index is 416. The molecule has 0 unspecified atom stereocenters. The molecule has 1 nitrogen and oxygen atoms in total. The van der Waals surface area contributed by atoms with E-state index >= 15 is 0 Å². The number of nitrogens with zero attached hydrogens (tertiary/aromatic N) is 1. The third kappa shape index (κ3) is 3.83. The molecule has 0 aliphatic heterocycles. The van der Waals surface area contributed by atoms with Crippen molar-refractivity contribution in [3.63, 3.8) is 0 Å². The molecule has 0 bridgehead atoms. The Hall–Kier alpha value is -1.81. The van der Waals surface area contributed by atoms with Crippen LogP contribution in [0.4, 0.5) is 0 Å². The van der Waals surface area contributed by atoms with Gasteiger partial charge in [-0.1, -0.05) is 37.6 Å². The number of rotatable bonds is 0. The van der Waals surface area contributed by atoms with E-state index in [-0.39, 0.29) is 0 Å². The van der Waals surface area contributed by atoms with Crippen molar-refractivity contribution >= 4 is 10.8 Å². The molecule has 0 amide bonds. The van der Waals surface area contributed by atoms with Crippen molar-refractivity contribution in [2.75, 3.05) is 0 Å². The van der Waals surface area contributed by atoms with Crippen LogP contribution in [0.25, 0.3) is 10.8 Å². The van der Waals surface area contributed by atoms with Crippen LogP contribution in [0.3, 0.4) is 0 Å². The summed E-state index contributed by atoms with van der Waals surface area (Å²) in [6, 6.07) is 8.39. The summed E-state index contributed by atoms with van der Waals surface area (Å²) < 4.78 is 0. The fourth-order valence-electron chi connectivity index (χ4n) is 1.20. The molecule has 2 aromatic rings. The molecular weight excluding hydrogens is 182 g/mol. The molecule has 0 fully saturated rings. The van der Waals surface area contributed by atoms with Gasteiger partial charge in [0.25, 0.3) is 0 Å². The molecule has 0 aliphatic rings. The molecule has 1 heteroatoms. The van der Waals surface area contributed by atoms with Gasteiger partial charge >= 0.3 is 0 Å². The lowest BCUT2D eigenvalue weighted by Gasteiger charge is -1.96. The molecule has 0 radical (unpaired) electrons. The normalized spacial score (nSPS) is 8.07. The average Bonchev–Trinajstić information content (AvgIpc) is 2.34. The Morgan fingerprint density at radius 1 is 1.00 bits per heavy atom. The van der Waals surface area contributed by atoms with Gasteiger partial charge in [-0.2, -0.15) is 0 Å². The highest BCUT2D eigenvalue weighted by Gasteiger charge is 1.90. The van der Waals surface area contributed by atoms with Crippen molar-refractivity contribution in [2.24, 2.45) is 0 Å². The second-order valence-electron chi connectivity index (χ2n) is 2.73. The minimum absolute atomic E-state index is 1.21. The predicted octanol–water partition coefficient (Wildman–Crippen LogP) is 3.82. The van der Waals surface area contributed by atoms with E-state index in [1.54, 1.807) is 0 Å². The third-order valence-electron chi connectivity index (χ3n) is 1.80. The molecule has 0 atom stereocenters. The highest BCUT2D eigenvalue weighted by Crippen LogP contribution is 2.12. The number of pyridine rings is 1. The fourth-order valence-corrected chi connectivity index (χ4v) is 1.20. The summed E-state index contributed by atoms with van der Waals surface area (Å²) in [6.45, 7) is 6.10. The Morgan fingerprint density at radius 2 is 1.67 bits per heavy atom. The van der Waals surface area contributed by atoms with Crippen LogP contribution >= 0.6 is 0 Å². The van der Waals surface area contributed by atoms with E-state index in [4.69, 9.17) is 0 Å². The zero-order chi connectivity index (χ0) is 11.7. The zero-order valence-corrected chi connectivity index (χ0v) is 9.57. The third-order valence-corrected chi connectivity index (χ3v) is 1.80. The quantitative estimate of drug-likeness (QED) is 0.588. The molecule has 1 heterocycles. The lowest BCUT2D eigenvalue weighted by Crippen LogP contribution is -1.75. The van der Waals surface area contributed by atoms with Gasteiger partial charge in [0.1, 0.15) is 0 Å². The summed E-state index contributed by atoms with van der Waals surface area (Å²) in [5, 5.41) is 2.47. The number of aryl methyl sites for hydroxylation is 1. The maximum absolute atomic E-state index is 4.04. The van der Waals surface area contributed by atoms with Crippen molar-refractivity contribution in [2.45, 2.75) is 20.8 Å². The summed E-state index contributed by atoms with van der Waals surface area (Å²) in [7, 11) is 0. The van der Waals surface area contributed by atoms with Crippen LogP contribution in [0.2, 0.25) is 0 Å². The smallest absolute Gasteiger partial charge is 0.0346 e. The lowest BCUT2D eigenvalue weighted by molar-refractivity contribution is 1.36. The van der Waals surface area contributed by atoms with E-state index in [9.17, 15) is 0 Å². The van der Waals surface area contributed by atoms with Gasteiger partial charge < -0.3 is 0 Å². The van der Waals surface area contributed by atoms with E-state index in [2.05, 4.69) is 43.0 Å². The highest BCUT2D eigenvalue weighted by atomic mass is 14.6. The minimum Gasteiger partial charge on any atom is -0.264 e. The van der Waals surface area contributed by atoms with E-state index in [1.807, 2.05) is 32.3 Å².